The molecular formula is C13H17N3. The Labute approximate surface area is 96.7 Å². The van der Waals surface area contributed by atoms with Gasteiger partial charge in [-0.25, -0.2) is 0 Å². The number of benzene rings is 1. The number of piperazine rings is 1. The molecule has 0 aromatic heterocycles. The van der Waals surface area contributed by atoms with E-state index >= 15 is 0 Å². The smallest absolute Gasteiger partial charge is 0.0991 e. The first kappa shape index (κ1) is 11.1. The highest BCUT2D eigenvalue weighted by atomic mass is 15.2. The number of nitrogens with zero attached hydrogens (tertiary/aromatic N) is 2. The lowest BCUT2D eigenvalue weighted by Gasteiger charge is -2.35. The summed E-state index contributed by atoms with van der Waals surface area (Å²) in [5.41, 5.74) is 2.03. The number of nitriles is 1. The third-order valence-electron chi connectivity index (χ3n) is 3.18. The van der Waals surface area contributed by atoms with E-state index in [9.17, 15) is 0 Å². The second-order valence-corrected chi connectivity index (χ2v) is 4.08. The van der Waals surface area contributed by atoms with Gasteiger partial charge in [0, 0.05) is 25.7 Å². The van der Waals surface area contributed by atoms with Crippen LogP contribution in [0.1, 0.15) is 24.1 Å². The molecule has 1 aliphatic rings. The van der Waals surface area contributed by atoms with E-state index in [0.717, 1.165) is 31.7 Å². The van der Waals surface area contributed by atoms with Crippen LogP contribution in [-0.4, -0.2) is 31.1 Å². The van der Waals surface area contributed by atoms with Crippen LogP contribution < -0.4 is 5.32 Å². The van der Waals surface area contributed by atoms with Gasteiger partial charge in [0.25, 0.3) is 0 Å². The summed E-state index contributed by atoms with van der Waals surface area (Å²) in [6.07, 6.45) is 0. The summed E-state index contributed by atoms with van der Waals surface area (Å²) in [6.45, 7) is 6.44. The fourth-order valence-electron chi connectivity index (χ4n) is 2.23. The first-order valence-corrected chi connectivity index (χ1v) is 5.80. The zero-order valence-electron chi connectivity index (χ0n) is 9.61. The Morgan fingerprint density at radius 2 is 2.19 bits per heavy atom. The molecule has 1 atom stereocenters. The second kappa shape index (κ2) is 5.11. The molecule has 3 heteroatoms. The molecular weight excluding hydrogens is 198 g/mol. The van der Waals surface area contributed by atoms with E-state index < -0.39 is 0 Å². The van der Waals surface area contributed by atoms with E-state index in [2.05, 4.69) is 35.3 Å². The standard InChI is InChI=1S/C13H17N3/c1-2-16-8-7-15-10-13(16)12-5-3-11(9-14)4-6-12/h3-6,13,15H,2,7-8,10H2,1H3. The van der Waals surface area contributed by atoms with Crippen LogP contribution in [-0.2, 0) is 0 Å². The van der Waals surface area contributed by atoms with Crippen LogP contribution >= 0.6 is 0 Å². The molecule has 1 saturated heterocycles. The van der Waals surface area contributed by atoms with Crippen molar-refractivity contribution in [2.75, 3.05) is 26.2 Å². The average Bonchev–Trinajstić information content (AvgIpc) is 2.39. The molecule has 0 aliphatic carbocycles. The van der Waals surface area contributed by atoms with E-state index in [1.807, 2.05) is 12.1 Å². The minimum atomic E-state index is 0.450. The zero-order valence-corrected chi connectivity index (χ0v) is 9.61. The molecule has 1 heterocycles. The third kappa shape index (κ3) is 2.24. The fourth-order valence-corrected chi connectivity index (χ4v) is 2.23. The largest absolute Gasteiger partial charge is 0.314 e. The van der Waals surface area contributed by atoms with Gasteiger partial charge in [-0.05, 0) is 24.2 Å². The number of nitrogens with one attached hydrogen (secondary N) is 1. The molecule has 1 aromatic carbocycles. The van der Waals surface area contributed by atoms with Gasteiger partial charge in [-0.1, -0.05) is 19.1 Å². The Balaban J connectivity index is 2.18. The quantitative estimate of drug-likeness (QED) is 0.813. The highest BCUT2D eigenvalue weighted by Gasteiger charge is 2.21. The summed E-state index contributed by atoms with van der Waals surface area (Å²) in [6, 6.07) is 10.5. The lowest BCUT2D eigenvalue weighted by atomic mass is 10.0. The molecule has 0 bridgehead atoms. The van der Waals surface area contributed by atoms with Gasteiger partial charge in [0.2, 0.25) is 0 Å². The molecule has 0 radical (unpaired) electrons. The predicted octanol–water partition coefficient (Wildman–Crippen LogP) is 1.52. The van der Waals surface area contributed by atoms with E-state index in [1.165, 1.54) is 5.56 Å². The van der Waals surface area contributed by atoms with Crippen LogP contribution in [0.2, 0.25) is 0 Å². The van der Waals surface area contributed by atoms with Crippen LogP contribution in [0.4, 0.5) is 0 Å². The molecule has 1 aliphatic heterocycles. The normalized spacial score (nSPS) is 21.6. The first-order chi connectivity index (χ1) is 7.85. The predicted molar refractivity (Wildman–Crippen MR) is 64.0 cm³/mol. The average molecular weight is 215 g/mol. The molecule has 1 aromatic rings. The molecule has 1 N–H and O–H groups in total. The Hall–Kier alpha value is -1.37. The van der Waals surface area contributed by atoms with Gasteiger partial charge in [0.15, 0.2) is 0 Å². The van der Waals surface area contributed by atoms with Crippen LogP contribution in [0.25, 0.3) is 0 Å². The maximum absolute atomic E-state index is 8.76. The van der Waals surface area contributed by atoms with Crippen molar-refractivity contribution in [1.29, 1.82) is 5.26 Å². The Morgan fingerprint density at radius 1 is 1.44 bits per heavy atom. The first-order valence-electron chi connectivity index (χ1n) is 5.80. The summed E-state index contributed by atoms with van der Waals surface area (Å²) in [4.78, 5) is 2.47. The van der Waals surface area contributed by atoms with Crippen molar-refractivity contribution in [1.82, 2.24) is 10.2 Å². The maximum Gasteiger partial charge on any atom is 0.0991 e. The van der Waals surface area contributed by atoms with Crippen LogP contribution in [0.15, 0.2) is 24.3 Å². The van der Waals surface area contributed by atoms with Gasteiger partial charge in [-0.15, -0.1) is 0 Å². The summed E-state index contributed by atoms with van der Waals surface area (Å²) < 4.78 is 0. The van der Waals surface area contributed by atoms with Gasteiger partial charge < -0.3 is 5.32 Å². The molecule has 2 rings (SSSR count). The van der Waals surface area contributed by atoms with Crippen molar-refractivity contribution in [3.8, 4) is 6.07 Å². The van der Waals surface area contributed by atoms with Crippen molar-refractivity contribution in [2.45, 2.75) is 13.0 Å². The topological polar surface area (TPSA) is 39.1 Å². The summed E-state index contributed by atoms with van der Waals surface area (Å²) in [5.74, 6) is 0. The van der Waals surface area contributed by atoms with Crippen molar-refractivity contribution >= 4 is 0 Å². The Morgan fingerprint density at radius 3 is 2.81 bits per heavy atom. The van der Waals surface area contributed by atoms with Gasteiger partial charge in [0.05, 0.1) is 11.6 Å². The fraction of sp³-hybridized carbons (Fsp3) is 0.462. The van der Waals surface area contributed by atoms with Crippen molar-refractivity contribution < 1.29 is 0 Å². The zero-order chi connectivity index (χ0) is 11.4. The molecule has 0 amide bonds. The molecule has 0 spiro atoms. The summed E-state index contributed by atoms with van der Waals surface area (Å²) in [5, 5.41) is 12.2. The van der Waals surface area contributed by atoms with Gasteiger partial charge in [-0.2, -0.15) is 5.26 Å². The van der Waals surface area contributed by atoms with Crippen molar-refractivity contribution in [2.24, 2.45) is 0 Å². The molecule has 1 unspecified atom stereocenters. The highest BCUT2D eigenvalue weighted by Crippen LogP contribution is 2.21. The van der Waals surface area contributed by atoms with E-state index in [1.54, 1.807) is 0 Å². The van der Waals surface area contributed by atoms with Gasteiger partial charge >= 0.3 is 0 Å². The number of likely N-dealkylation sites (N-methyl/N-ethyl adjacent to an activating group) is 1. The molecule has 1 fully saturated rings. The van der Waals surface area contributed by atoms with Gasteiger partial charge in [-0.3, -0.25) is 4.90 Å². The minimum absolute atomic E-state index is 0.450. The maximum atomic E-state index is 8.76. The van der Waals surface area contributed by atoms with Crippen LogP contribution in [0.5, 0.6) is 0 Å². The third-order valence-corrected chi connectivity index (χ3v) is 3.18. The van der Waals surface area contributed by atoms with E-state index in [0.29, 0.717) is 6.04 Å². The molecule has 16 heavy (non-hydrogen) atoms. The molecule has 3 nitrogen and oxygen atoms in total. The van der Waals surface area contributed by atoms with Gasteiger partial charge in [0.1, 0.15) is 0 Å². The van der Waals surface area contributed by atoms with Crippen LogP contribution in [0.3, 0.4) is 0 Å². The van der Waals surface area contributed by atoms with Crippen LogP contribution in [0, 0.1) is 11.3 Å². The summed E-state index contributed by atoms with van der Waals surface area (Å²) in [7, 11) is 0. The highest BCUT2D eigenvalue weighted by molar-refractivity contribution is 5.33. The Bertz CT molecular complexity index is 377. The molecule has 0 saturated carbocycles. The lowest BCUT2D eigenvalue weighted by molar-refractivity contribution is 0.171. The van der Waals surface area contributed by atoms with Crippen molar-refractivity contribution in [3.05, 3.63) is 35.4 Å². The Kier molecular flexibility index (Phi) is 3.55. The van der Waals surface area contributed by atoms with Crippen molar-refractivity contribution in [3.63, 3.8) is 0 Å². The van der Waals surface area contributed by atoms with E-state index in [4.69, 9.17) is 5.26 Å². The summed E-state index contributed by atoms with van der Waals surface area (Å²) >= 11 is 0. The second-order valence-electron chi connectivity index (χ2n) is 4.08. The molecule has 84 valence electrons. The minimum Gasteiger partial charge on any atom is -0.314 e. The monoisotopic (exact) mass is 215 g/mol. The number of rotatable bonds is 2. The van der Waals surface area contributed by atoms with E-state index in [-0.39, 0.29) is 0 Å². The lowest BCUT2D eigenvalue weighted by Crippen LogP contribution is -2.45. The number of hydrogen-bond acceptors (Lipinski definition) is 3. The number of hydrogen-bond donors (Lipinski definition) is 1. The SMILES string of the molecule is CCN1CCNCC1c1ccc(C#N)cc1.